The number of ether oxygens (including phenoxy) is 1. The Labute approximate surface area is 217 Å². The van der Waals surface area contributed by atoms with Crippen LogP contribution in [0.4, 0.5) is 5.00 Å². The van der Waals surface area contributed by atoms with E-state index < -0.39 is 0 Å². The lowest BCUT2D eigenvalue weighted by Crippen LogP contribution is -2.30. The molecule has 1 aliphatic heterocycles. The smallest absolute Gasteiger partial charge is 0.292 e. The van der Waals surface area contributed by atoms with Crippen LogP contribution in [0.1, 0.15) is 41.3 Å². The van der Waals surface area contributed by atoms with Gasteiger partial charge in [-0.05, 0) is 56.1 Å². The molecular formula is C28H27N3O3S2. The third-order valence-electron chi connectivity index (χ3n) is 6.44. The van der Waals surface area contributed by atoms with E-state index in [1.54, 1.807) is 28.7 Å². The van der Waals surface area contributed by atoms with Crippen LogP contribution in [0.25, 0.3) is 31.8 Å². The van der Waals surface area contributed by atoms with E-state index in [1.165, 1.54) is 10.4 Å². The van der Waals surface area contributed by atoms with Crippen LogP contribution >= 0.6 is 22.7 Å². The van der Waals surface area contributed by atoms with E-state index in [0.29, 0.717) is 17.9 Å². The Kier molecular flexibility index (Phi) is 6.25. The zero-order chi connectivity index (χ0) is 24.6. The number of benzene rings is 2. The molecule has 0 saturated carbocycles. The molecule has 0 bridgehead atoms. The predicted octanol–water partition coefficient (Wildman–Crippen LogP) is 7.19. The summed E-state index contributed by atoms with van der Waals surface area (Å²) in [6, 6.07) is 15.7. The Balaban J connectivity index is 1.39. The van der Waals surface area contributed by atoms with Gasteiger partial charge in [-0.15, -0.1) is 22.7 Å². The molecule has 5 aromatic rings. The van der Waals surface area contributed by atoms with Crippen molar-refractivity contribution in [2.45, 2.75) is 33.2 Å². The zero-order valence-electron chi connectivity index (χ0n) is 20.3. The summed E-state index contributed by atoms with van der Waals surface area (Å²) in [6.45, 7) is 7.68. The van der Waals surface area contributed by atoms with E-state index in [2.05, 4.69) is 23.2 Å². The first kappa shape index (κ1) is 23.2. The normalized spacial score (nSPS) is 13.8. The molecule has 8 heteroatoms. The molecule has 1 aliphatic rings. The highest BCUT2D eigenvalue weighted by molar-refractivity contribution is 7.23. The van der Waals surface area contributed by atoms with Gasteiger partial charge in [0, 0.05) is 28.9 Å². The molecule has 36 heavy (non-hydrogen) atoms. The average molecular weight is 518 g/mol. The first-order chi connectivity index (χ1) is 17.6. The Morgan fingerprint density at radius 3 is 2.89 bits per heavy atom. The second-order valence-corrected chi connectivity index (χ2v) is 11.0. The lowest BCUT2D eigenvalue weighted by molar-refractivity contribution is 0.0999. The molecule has 0 saturated heterocycles. The maximum absolute atomic E-state index is 13.4. The molecule has 0 fully saturated rings. The number of amides is 1. The fraction of sp³-hybridized carbons (Fsp3) is 0.286. The summed E-state index contributed by atoms with van der Waals surface area (Å²) in [5.74, 6) is 0.651. The van der Waals surface area contributed by atoms with Gasteiger partial charge in [-0.25, -0.2) is 4.98 Å². The van der Waals surface area contributed by atoms with Gasteiger partial charge < -0.3 is 14.5 Å². The van der Waals surface area contributed by atoms with Gasteiger partial charge in [-0.3, -0.25) is 9.69 Å². The van der Waals surface area contributed by atoms with Crippen molar-refractivity contribution in [1.82, 2.24) is 9.88 Å². The minimum atomic E-state index is -0.264. The van der Waals surface area contributed by atoms with E-state index in [4.69, 9.17) is 14.1 Å². The zero-order valence-corrected chi connectivity index (χ0v) is 21.9. The number of fused-ring (bicyclic) bond motifs is 3. The van der Waals surface area contributed by atoms with Gasteiger partial charge in [-0.1, -0.05) is 31.2 Å². The summed E-state index contributed by atoms with van der Waals surface area (Å²) in [4.78, 5) is 22.2. The number of nitrogens with zero attached hydrogens (tertiary/aromatic N) is 2. The molecule has 3 aromatic heterocycles. The first-order valence-corrected chi connectivity index (χ1v) is 14.0. The monoisotopic (exact) mass is 517 g/mol. The van der Waals surface area contributed by atoms with Crippen molar-refractivity contribution >= 4 is 54.8 Å². The molecule has 1 N–H and O–H groups in total. The van der Waals surface area contributed by atoms with Crippen LogP contribution in [0.2, 0.25) is 0 Å². The van der Waals surface area contributed by atoms with Crippen LogP contribution in [0.3, 0.4) is 0 Å². The molecule has 1 amide bonds. The maximum Gasteiger partial charge on any atom is 0.292 e. The number of anilines is 1. The summed E-state index contributed by atoms with van der Waals surface area (Å²) in [7, 11) is 0. The van der Waals surface area contributed by atoms with Crippen molar-refractivity contribution < 1.29 is 13.9 Å². The van der Waals surface area contributed by atoms with Crippen molar-refractivity contribution in [1.29, 1.82) is 0 Å². The summed E-state index contributed by atoms with van der Waals surface area (Å²) < 4.78 is 12.8. The summed E-state index contributed by atoms with van der Waals surface area (Å²) in [5, 5.41) is 5.82. The topological polar surface area (TPSA) is 67.6 Å². The van der Waals surface area contributed by atoms with E-state index >= 15 is 0 Å². The van der Waals surface area contributed by atoms with Gasteiger partial charge in [0.2, 0.25) is 0 Å². The largest absolute Gasteiger partial charge is 0.490 e. The number of carbonyl (C=O) groups is 1. The molecule has 4 heterocycles. The summed E-state index contributed by atoms with van der Waals surface area (Å²) in [5.41, 5.74) is 3.95. The molecule has 0 atom stereocenters. The van der Waals surface area contributed by atoms with Crippen molar-refractivity contribution in [2.75, 3.05) is 25.0 Å². The second-order valence-electron chi connectivity index (χ2n) is 8.89. The lowest BCUT2D eigenvalue weighted by Gasteiger charge is -2.26. The van der Waals surface area contributed by atoms with E-state index in [-0.39, 0.29) is 11.7 Å². The SMILES string of the molecule is CCCN1CCc2c(sc(NC(=O)c3cc4cccc(OCC)c4o3)c2-c2nc3ccccc3s2)C1. The Hall–Kier alpha value is -3.20. The van der Waals surface area contributed by atoms with Gasteiger partial charge >= 0.3 is 0 Å². The van der Waals surface area contributed by atoms with Crippen LogP contribution in [0.15, 0.2) is 52.9 Å². The number of hydrogen-bond acceptors (Lipinski definition) is 7. The van der Waals surface area contributed by atoms with Crippen LogP contribution in [0.5, 0.6) is 5.75 Å². The van der Waals surface area contributed by atoms with E-state index in [1.807, 2.05) is 43.3 Å². The minimum absolute atomic E-state index is 0.264. The van der Waals surface area contributed by atoms with Crippen molar-refractivity contribution in [3.63, 3.8) is 0 Å². The quantitative estimate of drug-likeness (QED) is 0.247. The third-order valence-corrected chi connectivity index (χ3v) is 8.63. The van der Waals surface area contributed by atoms with Crippen molar-refractivity contribution in [2.24, 2.45) is 0 Å². The van der Waals surface area contributed by atoms with Gasteiger partial charge in [0.25, 0.3) is 5.91 Å². The number of furan rings is 1. The molecule has 6 nitrogen and oxygen atoms in total. The highest BCUT2D eigenvalue weighted by Crippen LogP contribution is 2.46. The third kappa shape index (κ3) is 4.19. The number of thiophene rings is 1. The molecular weight excluding hydrogens is 490 g/mol. The number of nitrogens with one attached hydrogen (secondary N) is 1. The standard InChI is InChI=1S/C28H27N3O3S2/c1-3-13-31-14-12-18-23(16-31)36-28(24(18)27-29-19-9-5-6-11-22(19)35-27)30-26(32)21-15-17-8-7-10-20(33-4-2)25(17)34-21/h5-11,15H,3-4,12-14,16H2,1-2H3,(H,30,32). The van der Waals surface area contributed by atoms with Crippen molar-refractivity contribution in [3.05, 3.63) is 64.7 Å². The average Bonchev–Trinajstić information content (AvgIpc) is 3.59. The summed E-state index contributed by atoms with van der Waals surface area (Å²) >= 11 is 3.34. The fourth-order valence-electron chi connectivity index (χ4n) is 4.84. The molecule has 0 unspecified atom stereocenters. The predicted molar refractivity (Wildman–Crippen MR) is 148 cm³/mol. The Morgan fingerprint density at radius 1 is 1.17 bits per heavy atom. The van der Waals surface area contributed by atoms with Crippen molar-refractivity contribution in [3.8, 4) is 16.3 Å². The molecule has 0 radical (unpaired) electrons. The maximum atomic E-state index is 13.4. The highest BCUT2D eigenvalue weighted by Gasteiger charge is 2.28. The van der Waals surface area contributed by atoms with E-state index in [9.17, 15) is 4.79 Å². The Bertz CT molecular complexity index is 1530. The number of rotatable bonds is 7. The Morgan fingerprint density at radius 2 is 2.06 bits per heavy atom. The molecule has 0 aliphatic carbocycles. The first-order valence-electron chi connectivity index (χ1n) is 12.3. The van der Waals surface area contributed by atoms with Crippen LogP contribution < -0.4 is 10.1 Å². The van der Waals surface area contributed by atoms with Gasteiger partial charge in [0.05, 0.1) is 16.8 Å². The molecule has 2 aromatic carbocycles. The number of hydrogen-bond donors (Lipinski definition) is 1. The van der Waals surface area contributed by atoms with Crippen LogP contribution in [-0.4, -0.2) is 35.5 Å². The molecule has 6 rings (SSSR count). The van der Waals surface area contributed by atoms with Crippen LogP contribution in [0, 0.1) is 0 Å². The fourth-order valence-corrected chi connectivity index (χ4v) is 7.23. The second kappa shape index (κ2) is 9.69. The summed E-state index contributed by atoms with van der Waals surface area (Å²) in [6.07, 6.45) is 2.08. The van der Waals surface area contributed by atoms with Gasteiger partial charge in [0.1, 0.15) is 10.0 Å². The lowest BCUT2D eigenvalue weighted by atomic mass is 10.0. The molecule has 0 spiro atoms. The number of aromatic nitrogens is 1. The van der Waals surface area contributed by atoms with Gasteiger partial charge in [-0.2, -0.15) is 0 Å². The van der Waals surface area contributed by atoms with Crippen LogP contribution in [-0.2, 0) is 13.0 Å². The van der Waals surface area contributed by atoms with Gasteiger partial charge in [0.15, 0.2) is 17.1 Å². The molecule has 184 valence electrons. The highest BCUT2D eigenvalue weighted by atomic mass is 32.1. The number of para-hydroxylation sites is 2. The number of thiazole rings is 1. The minimum Gasteiger partial charge on any atom is -0.490 e. The van der Waals surface area contributed by atoms with E-state index in [0.717, 1.165) is 63.7 Å². The number of carbonyl (C=O) groups excluding carboxylic acids is 1.